The van der Waals surface area contributed by atoms with Crippen LogP contribution in [0.3, 0.4) is 0 Å². The molecule has 29 heavy (non-hydrogen) atoms. The second-order valence-corrected chi connectivity index (χ2v) is 9.75. The van der Waals surface area contributed by atoms with Gasteiger partial charge in [-0.25, -0.2) is 0 Å². The molecule has 1 aliphatic rings. The van der Waals surface area contributed by atoms with Gasteiger partial charge in [0.1, 0.15) is 0 Å². The van der Waals surface area contributed by atoms with Crippen LogP contribution in [0.15, 0.2) is 12.1 Å². The number of hydrogen-bond donors (Lipinski definition) is 2. The lowest BCUT2D eigenvalue weighted by atomic mass is 9.86. The number of carboxylic acid groups (broad SMARTS) is 2. The van der Waals surface area contributed by atoms with Crippen LogP contribution in [0.4, 0.5) is 0 Å². The highest BCUT2D eigenvalue weighted by Gasteiger charge is 2.49. The molecule has 0 saturated heterocycles. The summed E-state index contributed by atoms with van der Waals surface area (Å²) in [7, 11) is 0. The van der Waals surface area contributed by atoms with E-state index in [4.69, 9.17) is 0 Å². The number of carboxylic acids is 2. The zero-order valence-corrected chi connectivity index (χ0v) is 18.6. The summed E-state index contributed by atoms with van der Waals surface area (Å²) in [6, 6.07) is 4.56. The Hall–Kier alpha value is -1.84. The van der Waals surface area contributed by atoms with Crippen molar-refractivity contribution in [1.82, 2.24) is 0 Å². The summed E-state index contributed by atoms with van der Waals surface area (Å²) in [5.74, 6) is -1.33. The average molecular weight is 403 g/mol. The van der Waals surface area contributed by atoms with Crippen molar-refractivity contribution in [2.24, 2.45) is 10.8 Å². The minimum Gasteiger partial charge on any atom is -0.481 e. The summed E-state index contributed by atoms with van der Waals surface area (Å²) in [6.45, 7) is 7.95. The van der Waals surface area contributed by atoms with E-state index in [1.165, 1.54) is 22.3 Å². The molecule has 0 radical (unpaired) electrons. The summed E-state index contributed by atoms with van der Waals surface area (Å²) in [6.07, 6.45) is 10.4. The van der Waals surface area contributed by atoms with Crippen molar-refractivity contribution in [2.45, 2.75) is 98.3 Å². The van der Waals surface area contributed by atoms with Gasteiger partial charge < -0.3 is 10.2 Å². The second-order valence-electron chi connectivity index (χ2n) is 9.75. The number of carbonyl (C=O) groups is 2. The van der Waals surface area contributed by atoms with E-state index >= 15 is 0 Å². The smallest absolute Gasteiger partial charge is 0.309 e. The lowest BCUT2D eigenvalue weighted by molar-refractivity contribution is -0.147. The maximum Gasteiger partial charge on any atom is 0.309 e. The first kappa shape index (κ1) is 23.4. The van der Waals surface area contributed by atoms with Gasteiger partial charge in [0.05, 0.1) is 10.8 Å². The SMILES string of the molecule is Cc1cc(CCCCCC(C)(C)C(=O)O)c(C)c(CCCCC2(C(=O)O)CC2)c1. The molecule has 0 aromatic heterocycles. The highest BCUT2D eigenvalue weighted by atomic mass is 16.4. The maximum atomic E-state index is 11.3. The van der Waals surface area contributed by atoms with Gasteiger partial charge in [-0.05, 0) is 95.8 Å². The van der Waals surface area contributed by atoms with E-state index in [2.05, 4.69) is 26.0 Å². The van der Waals surface area contributed by atoms with Gasteiger partial charge in [-0.15, -0.1) is 0 Å². The number of benzene rings is 1. The first-order valence-electron chi connectivity index (χ1n) is 11.1. The van der Waals surface area contributed by atoms with Crippen molar-refractivity contribution in [3.05, 3.63) is 34.4 Å². The van der Waals surface area contributed by atoms with Crippen molar-refractivity contribution in [3.63, 3.8) is 0 Å². The van der Waals surface area contributed by atoms with Gasteiger partial charge in [0, 0.05) is 0 Å². The Balaban J connectivity index is 1.80. The Kier molecular flexibility index (Phi) is 7.90. The topological polar surface area (TPSA) is 74.6 Å². The molecule has 0 heterocycles. The van der Waals surface area contributed by atoms with Crippen molar-refractivity contribution < 1.29 is 19.8 Å². The molecule has 0 bridgehead atoms. The molecule has 1 aliphatic carbocycles. The molecule has 1 fully saturated rings. The van der Waals surface area contributed by atoms with Crippen LogP contribution in [0.1, 0.15) is 93.9 Å². The third-order valence-corrected chi connectivity index (χ3v) is 6.75. The number of aryl methyl sites for hydroxylation is 3. The Morgan fingerprint density at radius 1 is 0.931 bits per heavy atom. The van der Waals surface area contributed by atoms with E-state index in [-0.39, 0.29) is 0 Å². The number of hydrogen-bond acceptors (Lipinski definition) is 2. The monoisotopic (exact) mass is 402 g/mol. The van der Waals surface area contributed by atoms with Crippen LogP contribution >= 0.6 is 0 Å². The Labute approximate surface area is 175 Å². The largest absolute Gasteiger partial charge is 0.481 e. The molecule has 4 nitrogen and oxygen atoms in total. The van der Waals surface area contributed by atoms with Crippen molar-refractivity contribution >= 4 is 11.9 Å². The third-order valence-electron chi connectivity index (χ3n) is 6.75. The van der Waals surface area contributed by atoms with Crippen LogP contribution in [0, 0.1) is 24.7 Å². The van der Waals surface area contributed by atoms with Gasteiger partial charge in [0.25, 0.3) is 0 Å². The van der Waals surface area contributed by atoms with Crippen LogP contribution in [0.2, 0.25) is 0 Å². The predicted octanol–water partition coefficient (Wildman–Crippen LogP) is 6.09. The molecule has 0 atom stereocenters. The van der Waals surface area contributed by atoms with Crippen LogP contribution in [-0.2, 0) is 22.4 Å². The summed E-state index contributed by atoms with van der Waals surface area (Å²) < 4.78 is 0. The highest BCUT2D eigenvalue weighted by molar-refractivity contribution is 5.77. The van der Waals surface area contributed by atoms with Crippen LogP contribution in [0.5, 0.6) is 0 Å². The summed E-state index contributed by atoms with van der Waals surface area (Å²) in [4.78, 5) is 22.5. The van der Waals surface area contributed by atoms with E-state index < -0.39 is 22.8 Å². The van der Waals surface area contributed by atoms with Crippen molar-refractivity contribution in [1.29, 1.82) is 0 Å². The minimum atomic E-state index is -0.715. The molecule has 0 unspecified atom stereocenters. The molecule has 1 aromatic rings. The van der Waals surface area contributed by atoms with Gasteiger partial charge in [-0.3, -0.25) is 9.59 Å². The molecule has 2 N–H and O–H groups in total. The number of rotatable bonds is 13. The lowest BCUT2D eigenvalue weighted by Gasteiger charge is -2.18. The first-order chi connectivity index (χ1) is 13.6. The Morgan fingerprint density at radius 3 is 1.97 bits per heavy atom. The van der Waals surface area contributed by atoms with E-state index in [1.54, 1.807) is 13.8 Å². The van der Waals surface area contributed by atoms with Crippen LogP contribution in [0.25, 0.3) is 0 Å². The molecule has 4 heteroatoms. The van der Waals surface area contributed by atoms with E-state index in [0.29, 0.717) is 0 Å². The minimum absolute atomic E-state index is 0.401. The Morgan fingerprint density at radius 2 is 1.48 bits per heavy atom. The molecule has 0 aliphatic heterocycles. The molecule has 0 amide bonds. The zero-order valence-electron chi connectivity index (χ0n) is 18.6. The molecule has 1 aromatic carbocycles. The standard InChI is InChI=1S/C25H38O4/c1-18-16-20(10-6-5-8-12-24(3,4)22(26)27)19(2)21(17-18)11-7-9-13-25(14-15-25)23(28)29/h16-17H,5-15H2,1-4H3,(H,26,27)(H,28,29). The van der Waals surface area contributed by atoms with Gasteiger partial charge in [0.2, 0.25) is 0 Å². The molecule has 0 spiro atoms. The number of unbranched alkanes of at least 4 members (excludes halogenated alkanes) is 3. The quantitative estimate of drug-likeness (QED) is 0.391. The fraction of sp³-hybridized carbons (Fsp3) is 0.680. The predicted molar refractivity (Wildman–Crippen MR) is 116 cm³/mol. The van der Waals surface area contributed by atoms with Gasteiger partial charge in [0.15, 0.2) is 0 Å². The molecule has 2 rings (SSSR count). The van der Waals surface area contributed by atoms with Crippen LogP contribution in [-0.4, -0.2) is 22.2 Å². The fourth-order valence-electron chi connectivity index (χ4n) is 4.20. The summed E-state index contributed by atoms with van der Waals surface area (Å²) in [5, 5.41) is 18.5. The molecular formula is C25H38O4. The summed E-state index contributed by atoms with van der Waals surface area (Å²) in [5.41, 5.74) is 4.43. The van der Waals surface area contributed by atoms with Gasteiger partial charge >= 0.3 is 11.9 Å². The highest BCUT2D eigenvalue weighted by Crippen LogP contribution is 2.50. The van der Waals surface area contributed by atoms with Crippen LogP contribution < -0.4 is 0 Å². The van der Waals surface area contributed by atoms with E-state index in [9.17, 15) is 19.8 Å². The van der Waals surface area contributed by atoms with Gasteiger partial charge in [-0.2, -0.15) is 0 Å². The zero-order chi connectivity index (χ0) is 21.7. The average Bonchev–Trinajstić information content (AvgIpc) is 3.42. The first-order valence-corrected chi connectivity index (χ1v) is 11.1. The fourth-order valence-corrected chi connectivity index (χ4v) is 4.20. The second kappa shape index (κ2) is 9.77. The Bertz CT molecular complexity index is 729. The lowest BCUT2D eigenvalue weighted by Crippen LogP contribution is -2.23. The maximum absolute atomic E-state index is 11.3. The van der Waals surface area contributed by atoms with Crippen molar-refractivity contribution in [3.8, 4) is 0 Å². The molecule has 1 saturated carbocycles. The molecular weight excluding hydrogens is 364 g/mol. The number of aliphatic carboxylic acids is 2. The van der Waals surface area contributed by atoms with E-state index in [0.717, 1.165) is 70.6 Å². The van der Waals surface area contributed by atoms with E-state index in [1.807, 2.05) is 0 Å². The normalized spacial score (nSPS) is 15.3. The van der Waals surface area contributed by atoms with Crippen molar-refractivity contribution in [2.75, 3.05) is 0 Å². The van der Waals surface area contributed by atoms with Gasteiger partial charge in [-0.1, -0.05) is 37.0 Å². The summed E-state index contributed by atoms with van der Waals surface area (Å²) >= 11 is 0. The molecule has 162 valence electrons. The third kappa shape index (κ3) is 6.58.